The number of nitrogens with zero attached hydrogens (tertiary/aromatic N) is 2. The van der Waals surface area contributed by atoms with E-state index < -0.39 is 0 Å². The van der Waals surface area contributed by atoms with E-state index in [-0.39, 0.29) is 12.2 Å². The van der Waals surface area contributed by atoms with Crippen LogP contribution in [0.1, 0.15) is 44.2 Å². The zero-order valence-corrected chi connectivity index (χ0v) is 20.6. The fraction of sp³-hybridized carbons (Fsp3) is 0.448. The highest BCUT2D eigenvalue weighted by Crippen LogP contribution is 2.38. The van der Waals surface area contributed by atoms with Crippen molar-refractivity contribution in [1.82, 2.24) is 9.80 Å². The van der Waals surface area contributed by atoms with Gasteiger partial charge in [-0.05, 0) is 88.2 Å². The van der Waals surface area contributed by atoms with Crippen LogP contribution in [-0.4, -0.2) is 62.3 Å². The molecule has 2 fully saturated rings. The smallest absolute Gasteiger partial charge is 0.127 e. The molecule has 4 nitrogen and oxygen atoms in total. The summed E-state index contributed by atoms with van der Waals surface area (Å²) in [6, 6.07) is 13.0. The number of benzene rings is 2. The summed E-state index contributed by atoms with van der Waals surface area (Å²) in [4.78, 5) is 4.70. The van der Waals surface area contributed by atoms with Gasteiger partial charge in [-0.15, -0.1) is 0 Å². The lowest BCUT2D eigenvalue weighted by Crippen LogP contribution is -2.35. The van der Waals surface area contributed by atoms with E-state index in [1.54, 1.807) is 0 Å². The number of likely N-dealkylation sites (tertiary alicyclic amines) is 2. The minimum absolute atomic E-state index is 0.250. The van der Waals surface area contributed by atoms with Crippen molar-refractivity contribution in [2.75, 3.05) is 40.3 Å². The third-order valence-electron chi connectivity index (χ3n) is 6.63. The number of ether oxygens (including phenoxy) is 2. The molecule has 2 aromatic rings. The molecule has 2 heterocycles. The van der Waals surface area contributed by atoms with Gasteiger partial charge >= 0.3 is 0 Å². The van der Waals surface area contributed by atoms with Gasteiger partial charge in [0.15, 0.2) is 0 Å². The van der Waals surface area contributed by atoms with Crippen molar-refractivity contribution in [2.24, 2.45) is 0 Å². The average molecular weight is 447 g/mol. The third kappa shape index (κ3) is 6.07. The SMILES string of the molecule is C/C=C/c1ccc(OC2CCN(C)CC2)c(-c2cc(OC3CCN(C)C3)ccc2/C=C/C)c1. The Labute approximate surface area is 199 Å². The van der Waals surface area contributed by atoms with E-state index in [1.165, 1.54) is 11.1 Å². The molecule has 0 N–H and O–H groups in total. The molecule has 33 heavy (non-hydrogen) atoms. The number of hydrogen-bond donors (Lipinski definition) is 0. The van der Waals surface area contributed by atoms with E-state index >= 15 is 0 Å². The summed E-state index contributed by atoms with van der Waals surface area (Å²) in [7, 11) is 4.34. The fourth-order valence-electron chi connectivity index (χ4n) is 4.79. The lowest BCUT2D eigenvalue weighted by atomic mass is 9.96. The van der Waals surface area contributed by atoms with Crippen LogP contribution >= 0.6 is 0 Å². The van der Waals surface area contributed by atoms with Crippen molar-refractivity contribution in [2.45, 2.75) is 45.3 Å². The Kier molecular flexibility index (Phi) is 7.89. The minimum Gasteiger partial charge on any atom is -0.490 e. The molecule has 0 radical (unpaired) electrons. The standard InChI is InChI=1S/C29H38N2O2/c1-5-7-22-9-12-29(33-24-13-16-30(3)17-14-24)28(19-22)27-20-25(11-10-23(27)8-6-2)32-26-15-18-31(4)21-26/h5-12,19-20,24,26H,13-18,21H2,1-4H3/b7-5+,8-6+. The first-order valence-electron chi connectivity index (χ1n) is 12.3. The molecule has 0 aromatic heterocycles. The Hall–Kier alpha value is -2.56. The van der Waals surface area contributed by atoms with Crippen molar-refractivity contribution in [3.8, 4) is 22.6 Å². The molecular weight excluding hydrogens is 408 g/mol. The molecule has 2 aromatic carbocycles. The Morgan fingerprint density at radius 1 is 0.758 bits per heavy atom. The first-order chi connectivity index (χ1) is 16.1. The minimum atomic E-state index is 0.250. The van der Waals surface area contributed by atoms with Crippen LogP contribution in [0.15, 0.2) is 48.6 Å². The van der Waals surface area contributed by atoms with Crippen LogP contribution in [0.3, 0.4) is 0 Å². The van der Waals surface area contributed by atoms with Crippen LogP contribution in [0.2, 0.25) is 0 Å². The van der Waals surface area contributed by atoms with Crippen LogP contribution in [0.4, 0.5) is 0 Å². The van der Waals surface area contributed by atoms with Gasteiger partial charge in [0.2, 0.25) is 0 Å². The normalized spacial score (nSPS) is 20.8. The second kappa shape index (κ2) is 11.0. The molecule has 176 valence electrons. The third-order valence-corrected chi connectivity index (χ3v) is 6.63. The maximum atomic E-state index is 6.62. The predicted octanol–water partition coefficient (Wildman–Crippen LogP) is 5.98. The molecule has 2 aliphatic rings. The molecule has 1 atom stereocenters. The lowest BCUT2D eigenvalue weighted by Gasteiger charge is -2.30. The summed E-state index contributed by atoms with van der Waals surface area (Å²) in [6.45, 7) is 8.36. The fourth-order valence-corrected chi connectivity index (χ4v) is 4.79. The summed E-state index contributed by atoms with van der Waals surface area (Å²) in [6.07, 6.45) is 12.2. The number of likely N-dealkylation sites (N-methyl/N-ethyl adjacent to an activating group) is 1. The van der Waals surface area contributed by atoms with Crippen LogP contribution < -0.4 is 9.47 Å². The second-order valence-electron chi connectivity index (χ2n) is 9.42. The summed E-state index contributed by atoms with van der Waals surface area (Å²) in [5, 5.41) is 0. The highest BCUT2D eigenvalue weighted by atomic mass is 16.5. The highest BCUT2D eigenvalue weighted by Gasteiger charge is 2.23. The molecule has 4 heteroatoms. The summed E-state index contributed by atoms with van der Waals surface area (Å²) >= 11 is 0. The Morgan fingerprint density at radius 3 is 2.18 bits per heavy atom. The first kappa shape index (κ1) is 23.6. The molecule has 2 saturated heterocycles. The second-order valence-corrected chi connectivity index (χ2v) is 9.42. The number of piperidine rings is 1. The van der Waals surface area contributed by atoms with Gasteiger partial charge < -0.3 is 19.3 Å². The van der Waals surface area contributed by atoms with E-state index in [9.17, 15) is 0 Å². The van der Waals surface area contributed by atoms with Crippen molar-refractivity contribution < 1.29 is 9.47 Å². The quantitative estimate of drug-likeness (QED) is 0.523. The Balaban J connectivity index is 1.71. The molecule has 0 bridgehead atoms. The zero-order valence-electron chi connectivity index (χ0n) is 20.6. The van der Waals surface area contributed by atoms with E-state index in [1.807, 2.05) is 0 Å². The van der Waals surface area contributed by atoms with Gasteiger partial charge in [-0.25, -0.2) is 0 Å². The summed E-state index contributed by atoms with van der Waals surface area (Å²) < 4.78 is 13.0. The summed E-state index contributed by atoms with van der Waals surface area (Å²) in [5.74, 6) is 1.89. The monoisotopic (exact) mass is 446 g/mol. The van der Waals surface area contributed by atoms with Crippen molar-refractivity contribution in [1.29, 1.82) is 0 Å². The van der Waals surface area contributed by atoms with Gasteiger partial charge in [-0.2, -0.15) is 0 Å². The van der Waals surface area contributed by atoms with Gasteiger partial charge in [0, 0.05) is 31.7 Å². The number of rotatable bonds is 7. The molecule has 2 aliphatic heterocycles. The molecule has 0 spiro atoms. The van der Waals surface area contributed by atoms with Crippen LogP contribution in [0.25, 0.3) is 23.3 Å². The maximum absolute atomic E-state index is 6.62. The van der Waals surface area contributed by atoms with Crippen LogP contribution in [-0.2, 0) is 0 Å². The van der Waals surface area contributed by atoms with E-state index in [2.05, 4.69) is 98.4 Å². The van der Waals surface area contributed by atoms with E-state index in [0.717, 1.165) is 68.1 Å². The predicted molar refractivity (Wildman–Crippen MR) is 139 cm³/mol. The van der Waals surface area contributed by atoms with E-state index in [4.69, 9.17) is 9.47 Å². The summed E-state index contributed by atoms with van der Waals surface area (Å²) in [5.41, 5.74) is 4.65. The van der Waals surface area contributed by atoms with Gasteiger partial charge in [0.1, 0.15) is 23.7 Å². The molecule has 4 rings (SSSR count). The van der Waals surface area contributed by atoms with Crippen molar-refractivity contribution >= 4 is 12.2 Å². The van der Waals surface area contributed by atoms with Crippen LogP contribution in [0, 0.1) is 0 Å². The largest absolute Gasteiger partial charge is 0.490 e. The molecular formula is C29H38N2O2. The molecule has 0 amide bonds. The highest BCUT2D eigenvalue weighted by molar-refractivity contribution is 5.82. The first-order valence-corrected chi connectivity index (χ1v) is 12.3. The van der Waals surface area contributed by atoms with Gasteiger partial charge in [-0.1, -0.05) is 36.4 Å². The number of allylic oxidation sites excluding steroid dienone is 2. The molecule has 1 unspecified atom stereocenters. The van der Waals surface area contributed by atoms with Crippen LogP contribution in [0.5, 0.6) is 11.5 Å². The van der Waals surface area contributed by atoms with Gasteiger partial charge in [0.25, 0.3) is 0 Å². The Bertz CT molecular complexity index is 989. The molecule has 0 aliphatic carbocycles. The van der Waals surface area contributed by atoms with Crippen molar-refractivity contribution in [3.63, 3.8) is 0 Å². The average Bonchev–Trinajstić information content (AvgIpc) is 3.22. The maximum Gasteiger partial charge on any atom is 0.127 e. The van der Waals surface area contributed by atoms with Gasteiger partial charge in [0.05, 0.1) is 0 Å². The Morgan fingerprint density at radius 2 is 1.48 bits per heavy atom. The zero-order chi connectivity index (χ0) is 23.2. The number of hydrogen-bond acceptors (Lipinski definition) is 4. The van der Waals surface area contributed by atoms with E-state index in [0.29, 0.717) is 0 Å². The molecule has 0 saturated carbocycles. The topological polar surface area (TPSA) is 24.9 Å². The lowest BCUT2D eigenvalue weighted by molar-refractivity contribution is 0.115. The van der Waals surface area contributed by atoms with Gasteiger partial charge in [-0.3, -0.25) is 0 Å². The van der Waals surface area contributed by atoms with Crippen molar-refractivity contribution in [3.05, 3.63) is 59.7 Å².